The topological polar surface area (TPSA) is 122 Å². The SMILES string of the molecule is C/N=C(\c1cc(NC2=NC(N)C(F)C=C2C(N)=O)cnc1C)N(C)C. The molecule has 8 nitrogen and oxygen atoms in total. The van der Waals surface area contributed by atoms with E-state index >= 15 is 0 Å². The Morgan fingerprint density at radius 2 is 2.12 bits per heavy atom. The third-order valence-corrected chi connectivity index (χ3v) is 3.68. The van der Waals surface area contributed by atoms with Gasteiger partial charge in [0.15, 0.2) is 6.17 Å². The Morgan fingerprint density at radius 3 is 2.68 bits per heavy atom. The number of aliphatic imine (C=N–C) groups is 2. The number of halogens is 1. The number of carbonyl (C=O) groups excluding carboxylic acids is 1. The third kappa shape index (κ3) is 4.00. The lowest BCUT2D eigenvalue weighted by Gasteiger charge is -2.22. The number of nitrogens with zero attached hydrogens (tertiary/aromatic N) is 4. The second kappa shape index (κ2) is 7.39. The first-order chi connectivity index (χ1) is 11.7. The molecule has 0 radical (unpaired) electrons. The van der Waals surface area contributed by atoms with Gasteiger partial charge in [0.25, 0.3) is 5.91 Å². The Kier molecular flexibility index (Phi) is 5.48. The predicted molar refractivity (Wildman–Crippen MR) is 96.3 cm³/mol. The molecule has 1 aromatic heterocycles. The van der Waals surface area contributed by atoms with Crippen molar-refractivity contribution >= 4 is 23.3 Å². The van der Waals surface area contributed by atoms with E-state index in [-0.39, 0.29) is 11.4 Å². The number of hydrogen-bond donors (Lipinski definition) is 3. The van der Waals surface area contributed by atoms with Crippen LogP contribution in [0.4, 0.5) is 10.1 Å². The van der Waals surface area contributed by atoms with Crippen LogP contribution in [-0.2, 0) is 4.79 Å². The number of amides is 1. The fraction of sp³-hybridized carbons (Fsp3) is 0.375. The van der Waals surface area contributed by atoms with E-state index in [2.05, 4.69) is 20.3 Å². The predicted octanol–water partition coefficient (Wildman–Crippen LogP) is 0.187. The molecule has 5 N–H and O–H groups in total. The Morgan fingerprint density at radius 1 is 1.44 bits per heavy atom. The van der Waals surface area contributed by atoms with Gasteiger partial charge in [0, 0.05) is 32.4 Å². The van der Waals surface area contributed by atoms with Gasteiger partial charge in [-0.15, -0.1) is 0 Å². The molecule has 1 amide bonds. The Balaban J connectivity index is 2.39. The number of pyridine rings is 1. The zero-order valence-electron chi connectivity index (χ0n) is 14.6. The van der Waals surface area contributed by atoms with Gasteiger partial charge < -0.3 is 21.7 Å². The van der Waals surface area contributed by atoms with Crippen LogP contribution in [0.1, 0.15) is 11.3 Å². The van der Waals surface area contributed by atoms with Gasteiger partial charge in [0.2, 0.25) is 0 Å². The molecule has 0 aromatic carbocycles. The minimum atomic E-state index is -1.56. The molecule has 2 rings (SSSR count). The molecule has 1 aromatic rings. The van der Waals surface area contributed by atoms with Crippen molar-refractivity contribution in [2.75, 3.05) is 26.5 Å². The summed E-state index contributed by atoms with van der Waals surface area (Å²) in [4.78, 5) is 26.0. The minimum Gasteiger partial charge on any atom is -0.365 e. The van der Waals surface area contributed by atoms with Crippen LogP contribution in [0, 0.1) is 6.92 Å². The zero-order chi connectivity index (χ0) is 18.7. The highest BCUT2D eigenvalue weighted by Gasteiger charge is 2.26. The average molecular weight is 347 g/mol. The second-order valence-electron chi connectivity index (χ2n) is 5.78. The van der Waals surface area contributed by atoms with E-state index in [1.165, 1.54) is 0 Å². The monoisotopic (exact) mass is 347 g/mol. The van der Waals surface area contributed by atoms with Crippen LogP contribution < -0.4 is 16.8 Å². The number of alkyl halides is 1. The number of dihydropyridines is 1. The van der Waals surface area contributed by atoms with Crippen molar-refractivity contribution in [1.29, 1.82) is 0 Å². The van der Waals surface area contributed by atoms with Crippen molar-refractivity contribution in [3.05, 3.63) is 35.2 Å². The minimum absolute atomic E-state index is 0.0479. The highest BCUT2D eigenvalue weighted by Crippen LogP contribution is 2.19. The molecule has 2 unspecified atom stereocenters. The summed E-state index contributed by atoms with van der Waals surface area (Å²) in [5.74, 6) is 0.0703. The highest BCUT2D eigenvalue weighted by molar-refractivity contribution is 6.25. The molecule has 0 aliphatic carbocycles. The van der Waals surface area contributed by atoms with Gasteiger partial charge in [0.1, 0.15) is 17.8 Å². The summed E-state index contributed by atoms with van der Waals surface area (Å²) in [5, 5.41) is 2.95. The van der Waals surface area contributed by atoms with Crippen LogP contribution in [0.25, 0.3) is 0 Å². The number of rotatable bonds is 3. The Labute approximate surface area is 145 Å². The molecule has 0 saturated heterocycles. The maximum Gasteiger partial charge on any atom is 0.252 e. The molecule has 25 heavy (non-hydrogen) atoms. The first kappa shape index (κ1) is 18.5. The van der Waals surface area contributed by atoms with Gasteiger partial charge in [-0.2, -0.15) is 0 Å². The van der Waals surface area contributed by atoms with E-state index in [0.717, 1.165) is 23.2 Å². The number of carbonyl (C=O) groups is 1. The molecular weight excluding hydrogens is 325 g/mol. The molecular formula is C16H22FN7O. The van der Waals surface area contributed by atoms with Crippen molar-refractivity contribution in [3.63, 3.8) is 0 Å². The fourth-order valence-electron chi connectivity index (χ4n) is 2.45. The maximum atomic E-state index is 13.7. The van der Waals surface area contributed by atoms with E-state index in [1.54, 1.807) is 13.2 Å². The summed E-state index contributed by atoms with van der Waals surface area (Å²) in [6, 6.07) is 1.82. The Bertz CT molecular complexity index is 770. The van der Waals surface area contributed by atoms with Crippen molar-refractivity contribution in [3.8, 4) is 0 Å². The van der Waals surface area contributed by atoms with E-state index < -0.39 is 18.2 Å². The smallest absolute Gasteiger partial charge is 0.252 e. The first-order valence-electron chi connectivity index (χ1n) is 7.62. The highest BCUT2D eigenvalue weighted by atomic mass is 19.1. The van der Waals surface area contributed by atoms with Gasteiger partial charge in [-0.1, -0.05) is 0 Å². The largest absolute Gasteiger partial charge is 0.365 e. The molecule has 1 aliphatic rings. The summed E-state index contributed by atoms with van der Waals surface area (Å²) < 4.78 is 13.7. The summed E-state index contributed by atoms with van der Waals surface area (Å²) in [6.07, 6.45) is -0.00936. The van der Waals surface area contributed by atoms with Crippen LogP contribution in [0.2, 0.25) is 0 Å². The first-order valence-corrected chi connectivity index (χ1v) is 7.62. The molecule has 2 atom stereocenters. The van der Waals surface area contributed by atoms with Crippen LogP contribution in [-0.4, -0.2) is 60.9 Å². The van der Waals surface area contributed by atoms with Crippen molar-refractivity contribution in [2.45, 2.75) is 19.3 Å². The van der Waals surface area contributed by atoms with E-state index in [1.807, 2.05) is 32.0 Å². The fourth-order valence-corrected chi connectivity index (χ4v) is 2.45. The number of amidine groups is 2. The van der Waals surface area contributed by atoms with Gasteiger partial charge in [-0.05, 0) is 19.1 Å². The molecule has 9 heteroatoms. The van der Waals surface area contributed by atoms with Crippen LogP contribution >= 0.6 is 0 Å². The van der Waals surface area contributed by atoms with Gasteiger partial charge in [0.05, 0.1) is 17.5 Å². The standard InChI is InChI=1S/C16H22FN7O/c1-8-10(16(20-2)24(3)4)5-9(7-21-8)22-15-11(14(19)25)6-12(17)13(18)23-15/h5-7,12-13H,18H2,1-4H3,(H2,19,25)(H,22,23)/b20-16+. The molecule has 0 saturated carbocycles. The van der Waals surface area contributed by atoms with Crippen LogP contribution in [0.3, 0.4) is 0 Å². The summed E-state index contributed by atoms with van der Waals surface area (Å²) >= 11 is 0. The number of anilines is 1. The van der Waals surface area contributed by atoms with Crippen LogP contribution in [0.15, 0.2) is 33.9 Å². The van der Waals surface area contributed by atoms with E-state index in [0.29, 0.717) is 5.69 Å². The van der Waals surface area contributed by atoms with Crippen LogP contribution in [0.5, 0.6) is 0 Å². The lowest BCUT2D eigenvalue weighted by molar-refractivity contribution is -0.114. The third-order valence-electron chi connectivity index (χ3n) is 3.68. The van der Waals surface area contributed by atoms with E-state index in [9.17, 15) is 9.18 Å². The second-order valence-corrected chi connectivity index (χ2v) is 5.78. The summed E-state index contributed by atoms with van der Waals surface area (Å²) in [5.41, 5.74) is 13.0. The lowest BCUT2D eigenvalue weighted by atomic mass is 10.1. The summed E-state index contributed by atoms with van der Waals surface area (Å²) in [7, 11) is 5.44. The molecule has 134 valence electrons. The van der Waals surface area contributed by atoms with Crippen molar-refractivity contribution in [2.24, 2.45) is 21.5 Å². The maximum absolute atomic E-state index is 13.7. The molecule has 0 fully saturated rings. The number of nitrogens with one attached hydrogen (secondary N) is 1. The van der Waals surface area contributed by atoms with Gasteiger partial charge in [-0.3, -0.25) is 14.8 Å². The van der Waals surface area contributed by atoms with Crippen molar-refractivity contribution < 1.29 is 9.18 Å². The molecule has 0 bridgehead atoms. The number of nitrogens with two attached hydrogens (primary N) is 2. The quantitative estimate of drug-likeness (QED) is 0.532. The number of primary amides is 1. The molecule has 2 heterocycles. The average Bonchev–Trinajstić information content (AvgIpc) is 2.53. The van der Waals surface area contributed by atoms with E-state index in [4.69, 9.17) is 11.5 Å². The zero-order valence-corrected chi connectivity index (χ0v) is 14.6. The normalized spacial score (nSPS) is 20.6. The summed E-state index contributed by atoms with van der Waals surface area (Å²) in [6.45, 7) is 1.87. The Hall–Kier alpha value is -2.81. The van der Waals surface area contributed by atoms with Gasteiger partial charge in [-0.25, -0.2) is 9.38 Å². The molecule has 0 spiro atoms. The van der Waals surface area contributed by atoms with Crippen molar-refractivity contribution in [1.82, 2.24) is 9.88 Å². The number of aromatic nitrogens is 1. The van der Waals surface area contributed by atoms with Gasteiger partial charge >= 0.3 is 0 Å². The number of hydrogen-bond acceptors (Lipinski definition) is 6. The number of aryl methyl sites for hydroxylation is 1. The molecule has 1 aliphatic heterocycles. The lowest BCUT2D eigenvalue weighted by Crippen LogP contribution is -2.39.